The van der Waals surface area contributed by atoms with Crippen molar-refractivity contribution in [2.75, 3.05) is 0 Å². The van der Waals surface area contributed by atoms with Crippen molar-refractivity contribution in [1.82, 2.24) is 4.90 Å². The summed E-state index contributed by atoms with van der Waals surface area (Å²) >= 11 is 0. The van der Waals surface area contributed by atoms with Gasteiger partial charge in [0, 0.05) is 5.92 Å². The number of nitrogens with zero attached hydrogens (tertiary/aromatic N) is 1. The Morgan fingerprint density at radius 3 is 2.48 bits per heavy atom. The molecule has 5 atom stereocenters. The molecular weight excluding hydrogens is 289 g/mol. The molecule has 0 aromatic carbocycles. The van der Waals surface area contributed by atoms with Gasteiger partial charge in [0.15, 0.2) is 5.81 Å². The van der Waals surface area contributed by atoms with Crippen molar-refractivity contribution in [2.45, 2.75) is 84.6 Å². The first-order valence-electron chi connectivity index (χ1n) is 8.94. The Bertz CT molecular complexity index is 465. The van der Waals surface area contributed by atoms with E-state index in [1.165, 1.54) is 0 Å². The van der Waals surface area contributed by atoms with Gasteiger partial charge in [-0.05, 0) is 58.3 Å². The summed E-state index contributed by atoms with van der Waals surface area (Å²) in [6, 6.07) is -0.00709. The number of amides is 1. The van der Waals surface area contributed by atoms with E-state index < -0.39 is 11.5 Å². The van der Waals surface area contributed by atoms with Gasteiger partial charge in [-0.25, -0.2) is 0 Å². The van der Waals surface area contributed by atoms with Gasteiger partial charge in [0.1, 0.15) is 11.5 Å². The molecule has 2 radical (unpaired) electrons. The molecule has 2 fully saturated rings. The molecule has 0 spiro atoms. The molecule has 3 unspecified atom stereocenters. The van der Waals surface area contributed by atoms with Gasteiger partial charge in [-0.15, -0.1) is 0 Å². The van der Waals surface area contributed by atoms with Crippen LogP contribution in [-0.4, -0.2) is 42.2 Å². The van der Waals surface area contributed by atoms with E-state index in [4.69, 9.17) is 12.6 Å². The van der Waals surface area contributed by atoms with E-state index in [1.807, 2.05) is 13.8 Å². The number of rotatable bonds is 4. The highest BCUT2D eigenvalue weighted by Crippen LogP contribution is 2.42. The molecule has 2 aliphatic rings. The maximum absolute atomic E-state index is 12.0. The monoisotopic (exact) mass is 319 g/mol. The second-order valence-corrected chi connectivity index (χ2v) is 7.92. The van der Waals surface area contributed by atoms with Crippen LogP contribution in [0.3, 0.4) is 0 Å². The highest BCUT2D eigenvalue weighted by Gasteiger charge is 2.48. The lowest BCUT2D eigenvalue weighted by molar-refractivity contribution is -0.124. The van der Waals surface area contributed by atoms with Gasteiger partial charge in [-0.2, -0.15) is 0 Å². The van der Waals surface area contributed by atoms with E-state index in [1.54, 1.807) is 11.8 Å². The Balaban J connectivity index is 2.17. The molecule has 0 bridgehead atoms. The van der Waals surface area contributed by atoms with Crippen LogP contribution >= 0.6 is 0 Å². The lowest BCUT2D eigenvalue weighted by Gasteiger charge is -2.36. The van der Waals surface area contributed by atoms with Crippen LogP contribution in [0.4, 0.5) is 4.79 Å². The fourth-order valence-electron chi connectivity index (χ4n) is 4.74. The molecule has 2 rings (SSSR count). The lowest BCUT2D eigenvalue weighted by Crippen LogP contribution is -2.47. The zero-order valence-electron chi connectivity index (χ0n) is 15.2. The first-order chi connectivity index (χ1) is 10.7. The maximum Gasteiger partial charge on any atom is 0.200 e. The van der Waals surface area contributed by atoms with E-state index in [9.17, 15) is 9.59 Å². The van der Waals surface area contributed by atoms with Crippen molar-refractivity contribution in [3.63, 3.8) is 0 Å². The summed E-state index contributed by atoms with van der Waals surface area (Å²) in [5.41, 5.74) is -0.677. The summed E-state index contributed by atoms with van der Waals surface area (Å²) in [6.45, 7) is 9.82. The fraction of sp³-hybridized carbons (Fsp3) is 0.889. The summed E-state index contributed by atoms with van der Waals surface area (Å²) < 4.78 is 6.21. The summed E-state index contributed by atoms with van der Waals surface area (Å²) in [4.78, 5) is 25.6. The van der Waals surface area contributed by atoms with E-state index in [0.29, 0.717) is 17.6 Å². The van der Waals surface area contributed by atoms with Crippen molar-refractivity contribution in [1.29, 1.82) is 0 Å². The number of hydrogen-bond acceptors (Lipinski definition) is 3. The van der Waals surface area contributed by atoms with Crippen LogP contribution in [0.25, 0.3) is 0 Å². The van der Waals surface area contributed by atoms with Gasteiger partial charge in [-0.1, -0.05) is 20.3 Å². The number of ether oxygens (including phenoxy) is 1. The standard InChI is InChI=1S/C18H30BNO3/c1-6-15-16(23-18(4,5)20(15)17(19)22)10-13-9-11(2)7-8-14(13)12(3)21/h11,13-16H,6-10H2,1-5H3/t11?,13?,14?,15-,16+/m0/s1. The smallest absolute Gasteiger partial charge is 0.200 e. The van der Waals surface area contributed by atoms with E-state index in [2.05, 4.69) is 13.8 Å². The molecule has 0 aromatic rings. The minimum atomic E-state index is -0.677. The average molecular weight is 319 g/mol. The predicted octanol–water partition coefficient (Wildman–Crippen LogP) is 3.52. The van der Waals surface area contributed by atoms with Crippen LogP contribution in [0.2, 0.25) is 0 Å². The summed E-state index contributed by atoms with van der Waals surface area (Å²) in [7, 11) is 5.59. The molecule has 0 aromatic heterocycles. The number of carbonyl (C=O) groups is 2. The van der Waals surface area contributed by atoms with Gasteiger partial charge >= 0.3 is 0 Å². The summed E-state index contributed by atoms with van der Waals surface area (Å²) in [6.07, 6.45) is 4.78. The highest BCUT2D eigenvalue weighted by atomic mass is 16.5. The van der Waals surface area contributed by atoms with E-state index in [-0.39, 0.29) is 18.1 Å². The number of carbonyl (C=O) groups excluding carboxylic acids is 2. The topological polar surface area (TPSA) is 46.6 Å². The zero-order valence-corrected chi connectivity index (χ0v) is 15.2. The van der Waals surface area contributed by atoms with Crippen molar-refractivity contribution < 1.29 is 14.3 Å². The van der Waals surface area contributed by atoms with Crippen molar-refractivity contribution >= 4 is 19.4 Å². The highest BCUT2D eigenvalue weighted by molar-refractivity contribution is 6.57. The number of hydrogen-bond donors (Lipinski definition) is 0. The van der Waals surface area contributed by atoms with Crippen LogP contribution in [0.1, 0.15) is 66.7 Å². The number of Topliss-reactive ketones (excluding diaryl/α,β-unsaturated/α-hetero) is 1. The SMILES string of the molecule is [B]C(=O)N1[C@@H](CC)[C@@H](CC2CC(C)CCC2C(C)=O)OC1(C)C. The molecule has 1 saturated heterocycles. The Kier molecular flexibility index (Phi) is 5.60. The van der Waals surface area contributed by atoms with E-state index in [0.717, 1.165) is 32.1 Å². The van der Waals surface area contributed by atoms with Crippen molar-refractivity contribution in [3.05, 3.63) is 0 Å². The van der Waals surface area contributed by atoms with Crippen LogP contribution < -0.4 is 0 Å². The molecule has 4 nitrogen and oxygen atoms in total. The summed E-state index contributed by atoms with van der Waals surface area (Å²) in [5, 5.41) is 0. The van der Waals surface area contributed by atoms with E-state index >= 15 is 0 Å². The molecule has 1 heterocycles. The Labute approximate surface area is 141 Å². The van der Waals surface area contributed by atoms with Crippen molar-refractivity contribution in [2.24, 2.45) is 17.8 Å². The van der Waals surface area contributed by atoms with Crippen molar-refractivity contribution in [3.8, 4) is 0 Å². The Hall–Kier alpha value is -0.835. The van der Waals surface area contributed by atoms with Gasteiger partial charge in [0.05, 0.1) is 12.1 Å². The van der Waals surface area contributed by atoms with Gasteiger partial charge in [0.2, 0.25) is 7.85 Å². The molecule has 1 amide bonds. The Morgan fingerprint density at radius 1 is 1.30 bits per heavy atom. The molecule has 1 saturated carbocycles. The normalized spacial score (nSPS) is 36.9. The van der Waals surface area contributed by atoms with Gasteiger partial charge < -0.3 is 9.64 Å². The first-order valence-corrected chi connectivity index (χ1v) is 8.94. The van der Waals surface area contributed by atoms with Crippen LogP contribution in [0, 0.1) is 17.8 Å². The number of ketones is 1. The molecule has 0 N–H and O–H groups in total. The largest absolute Gasteiger partial charge is 0.351 e. The lowest BCUT2D eigenvalue weighted by atomic mass is 9.70. The molecule has 1 aliphatic heterocycles. The van der Waals surface area contributed by atoms with Gasteiger partial charge in [-0.3, -0.25) is 9.59 Å². The van der Waals surface area contributed by atoms with Crippen LogP contribution in [0.15, 0.2) is 0 Å². The van der Waals surface area contributed by atoms with Crippen LogP contribution in [0.5, 0.6) is 0 Å². The third-order valence-electron chi connectivity index (χ3n) is 5.74. The van der Waals surface area contributed by atoms with Gasteiger partial charge in [0.25, 0.3) is 0 Å². The van der Waals surface area contributed by atoms with Crippen LogP contribution in [-0.2, 0) is 9.53 Å². The molecule has 5 heteroatoms. The predicted molar refractivity (Wildman–Crippen MR) is 91.3 cm³/mol. The first kappa shape index (κ1) is 18.5. The zero-order chi connectivity index (χ0) is 17.4. The molecular formula is C18H30BNO3. The average Bonchev–Trinajstić information content (AvgIpc) is 2.68. The quantitative estimate of drug-likeness (QED) is 0.745. The molecule has 1 aliphatic carbocycles. The molecule has 128 valence electrons. The minimum Gasteiger partial charge on any atom is -0.351 e. The third-order valence-corrected chi connectivity index (χ3v) is 5.74. The minimum absolute atomic E-state index is 0.00709. The second kappa shape index (κ2) is 6.96. The third kappa shape index (κ3) is 3.81. The second-order valence-electron chi connectivity index (χ2n) is 7.92. The maximum atomic E-state index is 12.0. The fourth-order valence-corrected chi connectivity index (χ4v) is 4.74. The Morgan fingerprint density at radius 2 is 1.96 bits per heavy atom. The summed E-state index contributed by atoms with van der Waals surface area (Å²) in [5.74, 6) is 0.998. The molecule has 23 heavy (non-hydrogen) atoms.